The van der Waals surface area contributed by atoms with Crippen molar-refractivity contribution in [2.45, 2.75) is 13.5 Å². The van der Waals surface area contributed by atoms with Crippen LogP contribution < -0.4 is 14.8 Å². The predicted octanol–water partition coefficient (Wildman–Crippen LogP) is 5.99. The van der Waals surface area contributed by atoms with E-state index in [1.54, 1.807) is 48.5 Å². The molecule has 3 aromatic carbocycles. The number of anilines is 1. The van der Waals surface area contributed by atoms with Gasteiger partial charge < -0.3 is 14.8 Å². The molecule has 0 saturated carbocycles. The number of hydrogen-bond acceptors (Lipinski definition) is 6. The van der Waals surface area contributed by atoms with Crippen molar-refractivity contribution >= 4 is 52.2 Å². The van der Waals surface area contributed by atoms with Crippen LogP contribution >= 0.6 is 23.4 Å². The van der Waals surface area contributed by atoms with Gasteiger partial charge in [0.05, 0.1) is 22.2 Å². The first-order valence-electron chi connectivity index (χ1n) is 11.2. The van der Waals surface area contributed by atoms with Crippen LogP contribution in [0.15, 0.2) is 77.7 Å². The van der Waals surface area contributed by atoms with E-state index in [1.807, 2.05) is 37.3 Å². The summed E-state index contributed by atoms with van der Waals surface area (Å²) >= 11 is 6.84. The topological polar surface area (TPSA) is 84.9 Å². The van der Waals surface area contributed by atoms with Gasteiger partial charge in [-0.15, -0.1) is 0 Å². The maximum Gasteiger partial charge on any atom is 0.294 e. The third-order valence-corrected chi connectivity index (χ3v) is 6.36. The molecule has 4 rings (SSSR count). The minimum atomic E-state index is -0.540. The van der Waals surface area contributed by atoms with Gasteiger partial charge in [-0.25, -0.2) is 0 Å². The number of rotatable bonds is 9. The number of carbonyl (C=O) groups is 3. The lowest BCUT2D eigenvalue weighted by Crippen LogP contribution is -2.36. The third kappa shape index (κ3) is 6.27. The van der Waals surface area contributed by atoms with E-state index in [2.05, 4.69) is 5.32 Å². The summed E-state index contributed by atoms with van der Waals surface area (Å²) in [5.74, 6) is 0.0367. The van der Waals surface area contributed by atoms with Crippen molar-refractivity contribution in [1.82, 2.24) is 4.90 Å². The standard InChI is InChI=1S/C27H23ClN2O5S/c1-2-34-23-14-19(12-13-22(23)35-17-18-8-4-3-5-9-18)15-24-26(32)30(27(33)36-24)16-25(31)29-21-11-7-6-10-20(21)28/h3-15H,2,16-17H2,1H3,(H,29,31)/b24-15+. The highest BCUT2D eigenvalue weighted by Gasteiger charge is 2.36. The summed E-state index contributed by atoms with van der Waals surface area (Å²) in [7, 11) is 0. The molecule has 9 heteroatoms. The SMILES string of the molecule is CCOc1cc(/C=C2/SC(=O)N(CC(=O)Nc3ccccc3Cl)C2=O)ccc1OCc1ccccc1. The van der Waals surface area contributed by atoms with Gasteiger partial charge in [0.2, 0.25) is 5.91 Å². The third-order valence-electron chi connectivity index (χ3n) is 5.13. The Morgan fingerprint density at radius 1 is 1.00 bits per heavy atom. The zero-order valence-electron chi connectivity index (χ0n) is 19.4. The lowest BCUT2D eigenvalue weighted by molar-refractivity contribution is -0.127. The summed E-state index contributed by atoms with van der Waals surface area (Å²) < 4.78 is 11.7. The lowest BCUT2D eigenvalue weighted by Gasteiger charge is -2.13. The molecule has 7 nitrogen and oxygen atoms in total. The molecule has 0 aromatic heterocycles. The van der Waals surface area contributed by atoms with E-state index < -0.39 is 23.6 Å². The average Bonchev–Trinajstić information content (AvgIpc) is 3.13. The Labute approximate surface area is 218 Å². The summed E-state index contributed by atoms with van der Waals surface area (Å²) in [6, 6.07) is 21.8. The minimum Gasteiger partial charge on any atom is -0.490 e. The molecule has 0 atom stereocenters. The normalized spacial score (nSPS) is 14.3. The Hall–Kier alpha value is -3.75. The second-order valence-corrected chi connectivity index (χ2v) is 9.11. The molecule has 0 spiro atoms. The number of halogens is 1. The Morgan fingerprint density at radius 3 is 2.50 bits per heavy atom. The van der Waals surface area contributed by atoms with Crippen LogP contribution in [0.25, 0.3) is 6.08 Å². The van der Waals surface area contributed by atoms with Crippen LogP contribution in [0.5, 0.6) is 11.5 Å². The highest BCUT2D eigenvalue weighted by molar-refractivity contribution is 8.18. The van der Waals surface area contributed by atoms with E-state index in [0.717, 1.165) is 22.2 Å². The fraction of sp³-hybridized carbons (Fsp3) is 0.148. The van der Waals surface area contributed by atoms with Gasteiger partial charge in [0, 0.05) is 0 Å². The molecule has 3 aromatic rings. The highest BCUT2D eigenvalue weighted by Crippen LogP contribution is 2.35. The van der Waals surface area contributed by atoms with Crippen LogP contribution in [-0.2, 0) is 16.2 Å². The molecule has 1 fully saturated rings. The van der Waals surface area contributed by atoms with E-state index in [0.29, 0.717) is 41.0 Å². The van der Waals surface area contributed by atoms with Crippen LogP contribution in [0.4, 0.5) is 10.5 Å². The van der Waals surface area contributed by atoms with Gasteiger partial charge in [-0.05, 0) is 60.2 Å². The number of imide groups is 1. The predicted molar refractivity (Wildman–Crippen MR) is 141 cm³/mol. The monoisotopic (exact) mass is 522 g/mol. The van der Waals surface area contributed by atoms with Crippen LogP contribution in [0.2, 0.25) is 5.02 Å². The Morgan fingerprint density at radius 2 is 1.75 bits per heavy atom. The van der Waals surface area contributed by atoms with Gasteiger partial charge in [-0.2, -0.15) is 0 Å². The maximum absolute atomic E-state index is 12.9. The van der Waals surface area contributed by atoms with Crippen molar-refractivity contribution in [1.29, 1.82) is 0 Å². The summed E-state index contributed by atoms with van der Waals surface area (Å²) in [6.07, 6.45) is 1.60. The smallest absolute Gasteiger partial charge is 0.294 e. The Bertz CT molecular complexity index is 1310. The number of para-hydroxylation sites is 1. The molecule has 3 amide bonds. The molecule has 0 radical (unpaired) electrons. The van der Waals surface area contributed by atoms with Gasteiger partial charge >= 0.3 is 0 Å². The van der Waals surface area contributed by atoms with Gasteiger partial charge in [0.15, 0.2) is 11.5 Å². The van der Waals surface area contributed by atoms with Crippen molar-refractivity contribution in [3.63, 3.8) is 0 Å². The average molecular weight is 523 g/mol. The Balaban J connectivity index is 1.45. The van der Waals surface area contributed by atoms with Gasteiger partial charge in [-0.3, -0.25) is 19.3 Å². The van der Waals surface area contributed by atoms with Crippen LogP contribution in [0.3, 0.4) is 0 Å². The van der Waals surface area contributed by atoms with Gasteiger partial charge in [0.25, 0.3) is 11.1 Å². The number of hydrogen-bond donors (Lipinski definition) is 1. The van der Waals surface area contributed by atoms with E-state index >= 15 is 0 Å². The molecule has 1 aliphatic heterocycles. The van der Waals surface area contributed by atoms with Crippen molar-refractivity contribution < 1.29 is 23.9 Å². The second kappa shape index (κ2) is 11.8. The molecule has 1 heterocycles. The van der Waals surface area contributed by atoms with Crippen LogP contribution in [0.1, 0.15) is 18.1 Å². The number of thioether (sulfide) groups is 1. The first-order valence-corrected chi connectivity index (χ1v) is 12.4. The molecule has 0 aliphatic carbocycles. The zero-order chi connectivity index (χ0) is 25.5. The molecule has 1 aliphatic rings. The maximum atomic E-state index is 12.9. The molecule has 36 heavy (non-hydrogen) atoms. The first-order chi connectivity index (χ1) is 17.4. The molecule has 1 N–H and O–H groups in total. The minimum absolute atomic E-state index is 0.214. The van der Waals surface area contributed by atoms with E-state index in [4.69, 9.17) is 21.1 Å². The number of carbonyl (C=O) groups excluding carboxylic acids is 3. The molecular formula is C27H23ClN2O5S. The number of nitrogens with one attached hydrogen (secondary N) is 1. The summed E-state index contributed by atoms with van der Waals surface area (Å²) in [4.78, 5) is 38.9. The molecule has 1 saturated heterocycles. The number of amides is 3. The summed E-state index contributed by atoms with van der Waals surface area (Å²) in [5, 5.41) is 2.46. The fourth-order valence-corrected chi connectivity index (χ4v) is 4.44. The van der Waals surface area contributed by atoms with Crippen LogP contribution in [0, 0.1) is 0 Å². The van der Waals surface area contributed by atoms with E-state index in [9.17, 15) is 14.4 Å². The first kappa shape index (κ1) is 25.3. The number of benzene rings is 3. The fourth-order valence-electron chi connectivity index (χ4n) is 3.42. The van der Waals surface area contributed by atoms with Gasteiger partial charge in [-0.1, -0.05) is 60.1 Å². The van der Waals surface area contributed by atoms with E-state index in [1.165, 1.54) is 0 Å². The molecule has 184 valence electrons. The van der Waals surface area contributed by atoms with Crippen molar-refractivity contribution in [2.24, 2.45) is 0 Å². The van der Waals surface area contributed by atoms with Crippen molar-refractivity contribution in [2.75, 3.05) is 18.5 Å². The lowest BCUT2D eigenvalue weighted by atomic mass is 10.1. The van der Waals surface area contributed by atoms with Crippen molar-refractivity contribution in [3.8, 4) is 11.5 Å². The zero-order valence-corrected chi connectivity index (χ0v) is 21.0. The number of ether oxygens (including phenoxy) is 2. The highest BCUT2D eigenvalue weighted by atomic mass is 35.5. The van der Waals surface area contributed by atoms with Gasteiger partial charge in [0.1, 0.15) is 13.2 Å². The largest absolute Gasteiger partial charge is 0.490 e. The van der Waals surface area contributed by atoms with E-state index in [-0.39, 0.29) is 4.91 Å². The second-order valence-electron chi connectivity index (χ2n) is 7.71. The quantitative estimate of drug-likeness (QED) is 0.347. The summed E-state index contributed by atoms with van der Waals surface area (Å²) in [5.41, 5.74) is 2.09. The summed E-state index contributed by atoms with van der Waals surface area (Å²) in [6.45, 7) is 2.27. The molecule has 0 unspecified atom stereocenters. The molecule has 0 bridgehead atoms. The Kier molecular flexibility index (Phi) is 8.30. The van der Waals surface area contributed by atoms with Crippen LogP contribution in [-0.4, -0.2) is 35.1 Å². The molecular weight excluding hydrogens is 500 g/mol. The van der Waals surface area contributed by atoms with Crippen molar-refractivity contribution in [3.05, 3.63) is 93.9 Å². The number of nitrogens with zero attached hydrogens (tertiary/aromatic N) is 1.